The molecular formula is C36H47N9O4. The largest absolute Gasteiger partial charge is 0.484 e. The summed E-state index contributed by atoms with van der Waals surface area (Å²) in [6, 6.07) is 13.1. The molecule has 6 rings (SSSR count). The van der Waals surface area contributed by atoms with Gasteiger partial charge in [-0.2, -0.15) is 0 Å². The number of fused-ring (bicyclic) bond motifs is 2. The second-order valence-electron chi connectivity index (χ2n) is 14.5. The molecule has 13 nitrogen and oxygen atoms in total. The van der Waals surface area contributed by atoms with E-state index in [0.29, 0.717) is 24.5 Å². The van der Waals surface area contributed by atoms with E-state index in [1.165, 1.54) is 6.92 Å². The summed E-state index contributed by atoms with van der Waals surface area (Å²) in [4.78, 5) is 38.5. The van der Waals surface area contributed by atoms with Crippen molar-refractivity contribution in [3.63, 3.8) is 0 Å². The minimum absolute atomic E-state index is 0.0768. The Morgan fingerprint density at radius 1 is 0.939 bits per heavy atom. The Balaban J connectivity index is 1.17. The highest BCUT2D eigenvalue weighted by molar-refractivity contribution is 5.88. The highest BCUT2D eigenvalue weighted by atomic mass is 16.5. The van der Waals surface area contributed by atoms with Crippen LogP contribution in [-0.4, -0.2) is 79.6 Å². The molecule has 1 saturated heterocycles. The molecule has 0 unspecified atom stereocenters. The van der Waals surface area contributed by atoms with Crippen molar-refractivity contribution in [1.29, 1.82) is 0 Å². The molecule has 49 heavy (non-hydrogen) atoms. The number of amides is 2. The zero-order chi connectivity index (χ0) is 34.9. The summed E-state index contributed by atoms with van der Waals surface area (Å²) in [6.45, 7) is 15.7. The number of rotatable bonds is 8. The molecule has 3 aromatic heterocycles. The lowest BCUT2D eigenvalue weighted by atomic mass is 9.85. The van der Waals surface area contributed by atoms with Crippen molar-refractivity contribution in [2.24, 2.45) is 0 Å². The van der Waals surface area contributed by atoms with Gasteiger partial charge in [0.1, 0.15) is 17.7 Å². The van der Waals surface area contributed by atoms with E-state index in [2.05, 4.69) is 67.6 Å². The number of pyridine rings is 1. The molecule has 260 valence electrons. The third kappa shape index (κ3) is 7.67. The lowest BCUT2D eigenvalue weighted by Gasteiger charge is -2.42. The molecule has 1 aliphatic heterocycles. The zero-order valence-corrected chi connectivity index (χ0v) is 29.5. The predicted octanol–water partition coefficient (Wildman–Crippen LogP) is 5.14. The summed E-state index contributed by atoms with van der Waals surface area (Å²) in [7, 11) is 2.16. The van der Waals surface area contributed by atoms with Gasteiger partial charge in [-0.15, -0.1) is 10.2 Å². The van der Waals surface area contributed by atoms with Crippen LogP contribution in [-0.2, 0) is 27.1 Å². The van der Waals surface area contributed by atoms with E-state index in [1.54, 1.807) is 6.07 Å². The topological polar surface area (TPSA) is 139 Å². The third-order valence-electron chi connectivity index (χ3n) is 9.42. The number of nitrogens with one attached hydrogen (secondary N) is 2. The first kappa shape index (κ1) is 34.3. The standard InChI is InChI=1S/C36H47N9O4/c1-23(46)48-22-31-38-29(35(2,3)4)20-30(39-31)40-34(47)37-27-13-14-28(26-11-9-8-10-25(26)27)49-24-12-15-32-41-42-33(45(32)21-24)36(5,6)44-18-16-43(7)17-19-44/h8-12,15,20-21,27-28H,13-14,16-19,22H2,1-7H3,(H2,37,38,39,40,47)/t27-,28+/m0/s1. The minimum Gasteiger partial charge on any atom is -0.484 e. The summed E-state index contributed by atoms with van der Waals surface area (Å²) in [6.07, 6.45) is 3.18. The molecule has 13 heteroatoms. The number of esters is 1. The molecule has 0 bridgehead atoms. The fourth-order valence-corrected chi connectivity index (χ4v) is 6.54. The number of urea groups is 1. The molecule has 0 saturated carbocycles. The Morgan fingerprint density at radius 2 is 1.67 bits per heavy atom. The summed E-state index contributed by atoms with van der Waals surface area (Å²) in [5, 5.41) is 15.1. The average Bonchev–Trinajstić information content (AvgIpc) is 3.49. The smallest absolute Gasteiger partial charge is 0.320 e. The van der Waals surface area contributed by atoms with Gasteiger partial charge in [-0.3, -0.25) is 19.4 Å². The van der Waals surface area contributed by atoms with Gasteiger partial charge in [0, 0.05) is 44.6 Å². The normalized spacial score (nSPS) is 18.9. The number of nitrogens with zero attached hydrogens (tertiary/aromatic N) is 7. The molecule has 2 atom stereocenters. The van der Waals surface area contributed by atoms with Crippen LogP contribution in [0.4, 0.5) is 10.6 Å². The van der Waals surface area contributed by atoms with Crippen molar-refractivity contribution in [2.75, 3.05) is 38.5 Å². The van der Waals surface area contributed by atoms with Gasteiger partial charge < -0.3 is 19.7 Å². The van der Waals surface area contributed by atoms with E-state index in [9.17, 15) is 9.59 Å². The van der Waals surface area contributed by atoms with E-state index in [4.69, 9.17) is 9.47 Å². The Hall–Kier alpha value is -4.62. The maximum absolute atomic E-state index is 13.3. The van der Waals surface area contributed by atoms with E-state index in [1.807, 2.05) is 61.7 Å². The van der Waals surface area contributed by atoms with Crippen LogP contribution in [0.15, 0.2) is 48.7 Å². The van der Waals surface area contributed by atoms with Gasteiger partial charge in [0.25, 0.3) is 0 Å². The molecule has 1 aromatic carbocycles. The average molecular weight is 670 g/mol. The number of hydrogen-bond donors (Lipinski definition) is 2. The quantitative estimate of drug-likeness (QED) is 0.243. The summed E-state index contributed by atoms with van der Waals surface area (Å²) < 4.78 is 13.8. The van der Waals surface area contributed by atoms with Crippen molar-refractivity contribution in [3.8, 4) is 5.75 Å². The van der Waals surface area contributed by atoms with Crippen LogP contribution >= 0.6 is 0 Å². The number of anilines is 1. The monoisotopic (exact) mass is 669 g/mol. The molecule has 2 amide bonds. The zero-order valence-electron chi connectivity index (χ0n) is 29.5. The predicted molar refractivity (Wildman–Crippen MR) is 185 cm³/mol. The molecule has 2 N–H and O–H groups in total. The molecule has 2 aliphatic rings. The molecular weight excluding hydrogens is 622 g/mol. The lowest BCUT2D eigenvalue weighted by molar-refractivity contribution is -0.142. The Kier molecular flexibility index (Phi) is 9.58. The van der Waals surface area contributed by atoms with Crippen molar-refractivity contribution in [1.82, 2.24) is 39.7 Å². The van der Waals surface area contributed by atoms with Crippen LogP contribution < -0.4 is 15.4 Å². The Morgan fingerprint density at radius 3 is 2.39 bits per heavy atom. The summed E-state index contributed by atoms with van der Waals surface area (Å²) in [5.74, 6) is 1.85. The molecule has 4 aromatic rings. The number of hydrogen-bond acceptors (Lipinski definition) is 10. The van der Waals surface area contributed by atoms with Crippen LogP contribution in [0.25, 0.3) is 5.65 Å². The summed E-state index contributed by atoms with van der Waals surface area (Å²) in [5.41, 5.74) is 2.93. The summed E-state index contributed by atoms with van der Waals surface area (Å²) >= 11 is 0. The first-order valence-corrected chi connectivity index (χ1v) is 16.9. The molecule has 1 aliphatic carbocycles. The Bertz CT molecular complexity index is 1820. The van der Waals surface area contributed by atoms with Gasteiger partial charge in [0.2, 0.25) is 0 Å². The number of aromatic nitrogens is 5. The fourth-order valence-electron chi connectivity index (χ4n) is 6.54. The molecule has 1 fully saturated rings. The second-order valence-corrected chi connectivity index (χ2v) is 14.5. The van der Waals surface area contributed by atoms with E-state index in [0.717, 1.165) is 60.2 Å². The van der Waals surface area contributed by atoms with Crippen LogP contribution in [0.5, 0.6) is 5.75 Å². The number of benzene rings is 1. The maximum atomic E-state index is 13.3. The van der Waals surface area contributed by atoms with Gasteiger partial charge in [-0.05, 0) is 57.0 Å². The van der Waals surface area contributed by atoms with Crippen molar-refractivity contribution >= 4 is 23.5 Å². The number of likely N-dealkylation sites (N-methyl/N-ethyl adjacent to an activating group) is 1. The van der Waals surface area contributed by atoms with Crippen LogP contribution in [0, 0.1) is 0 Å². The first-order chi connectivity index (χ1) is 23.3. The van der Waals surface area contributed by atoms with Crippen LogP contribution in [0.3, 0.4) is 0 Å². The second kappa shape index (κ2) is 13.7. The van der Waals surface area contributed by atoms with Gasteiger partial charge in [0.15, 0.2) is 23.9 Å². The van der Waals surface area contributed by atoms with E-state index in [-0.39, 0.29) is 35.7 Å². The first-order valence-electron chi connectivity index (χ1n) is 16.9. The van der Waals surface area contributed by atoms with Gasteiger partial charge in [-0.1, -0.05) is 45.0 Å². The number of carbonyl (C=O) groups excluding carboxylic acids is 2. The molecule has 0 spiro atoms. The third-order valence-corrected chi connectivity index (χ3v) is 9.42. The Labute approximate surface area is 287 Å². The van der Waals surface area contributed by atoms with E-state index >= 15 is 0 Å². The van der Waals surface area contributed by atoms with Crippen molar-refractivity contribution in [3.05, 3.63) is 77.1 Å². The highest BCUT2D eigenvalue weighted by Crippen LogP contribution is 2.39. The van der Waals surface area contributed by atoms with Gasteiger partial charge in [-0.25, -0.2) is 14.8 Å². The van der Waals surface area contributed by atoms with Crippen LogP contribution in [0.1, 0.15) is 95.0 Å². The number of piperazine rings is 1. The van der Waals surface area contributed by atoms with Crippen molar-refractivity contribution in [2.45, 2.75) is 84.1 Å². The minimum atomic E-state index is -0.426. The van der Waals surface area contributed by atoms with Crippen LogP contribution in [0.2, 0.25) is 0 Å². The van der Waals surface area contributed by atoms with Gasteiger partial charge in [0.05, 0.1) is 23.5 Å². The number of ether oxygens (including phenoxy) is 2. The van der Waals surface area contributed by atoms with E-state index < -0.39 is 5.97 Å². The number of carbonyl (C=O) groups is 2. The van der Waals surface area contributed by atoms with Crippen molar-refractivity contribution < 1.29 is 19.1 Å². The molecule has 0 radical (unpaired) electrons. The maximum Gasteiger partial charge on any atom is 0.320 e. The molecule has 4 heterocycles. The fraction of sp³-hybridized carbons (Fsp3) is 0.500. The lowest BCUT2D eigenvalue weighted by Crippen LogP contribution is -2.52. The highest BCUT2D eigenvalue weighted by Gasteiger charge is 2.35. The SMILES string of the molecule is CC(=O)OCc1nc(NC(=O)N[C@H]2CC[C@@H](Oc3ccc4nnc(C(C)(C)N5CCN(C)CC5)n4c3)c3ccccc32)cc(C(C)(C)C)n1. The van der Waals surface area contributed by atoms with Gasteiger partial charge >= 0.3 is 12.0 Å².